The van der Waals surface area contributed by atoms with Gasteiger partial charge in [0, 0.05) is 59.8 Å². The van der Waals surface area contributed by atoms with Crippen molar-refractivity contribution in [1.29, 1.82) is 0 Å². The van der Waals surface area contributed by atoms with E-state index in [0.29, 0.717) is 49.6 Å². The number of carboxylic acids is 1. The second-order valence-electron chi connectivity index (χ2n) is 11.5. The fourth-order valence-electron chi connectivity index (χ4n) is 6.34. The Labute approximate surface area is 294 Å². The van der Waals surface area contributed by atoms with Crippen LogP contribution in [0.3, 0.4) is 0 Å². The minimum Gasteiger partial charge on any atom is -0.493 e. The lowest BCUT2D eigenvalue weighted by Crippen LogP contribution is -2.10. The number of allylic oxidation sites excluding steroid dienone is 1. The zero-order valence-electron chi connectivity index (χ0n) is 28.3. The minimum absolute atomic E-state index is 0.231. The van der Waals surface area contributed by atoms with Crippen LogP contribution in [0.4, 0.5) is 4.39 Å². The molecule has 0 unspecified atom stereocenters. The molecule has 2 aromatic heterocycles. The first-order valence-corrected chi connectivity index (χ1v) is 17.8. The lowest BCUT2D eigenvalue weighted by molar-refractivity contribution is 0.0685. The average Bonchev–Trinajstić information content (AvgIpc) is 3.82. The van der Waals surface area contributed by atoms with Gasteiger partial charge in [-0.2, -0.15) is 5.10 Å². The number of carbonyl (C=O) groups is 1. The molecule has 3 aromatic carbocycles. The third-order valence-corrected chi connectivity index (χ3v) is 9.76. The molecule has 1 fully saturated rings. The van der Waals surface area contributed by atoms with Gasteiger partial charge in [-0.15, -0.1) is 21.5 Å². The van der Waals surface area contributed by atoms with E-state index < -0.39 is 5.97 Å². The molecule has 3 N–H and O–H groups in total. The summed E-state index contributed by atoms with van der Waals surface area (Å²) in [5.41, 5.74) is 10.3. The summed E-state index contributed by atoms with van der Waals surface area (Å²) in [5.74, 6) is -0.657. The normalized spacial score (nSPS) is 13.9. The Balaban J connectivity index is 0.00000230. The van der Waals surface area contributed by atoms with Gasteiger partial charge in [0.25, 0.3) is 0 Å². The van der Waals surface area contributed by atoms with E-state index in [9.17, 15) is 14.3 Å². The van der Waals surface area contributed by atoms with Crippen LogP contribution >= 0.6 is 22.9 Å². The Kier molecular flexibility index (Phi) is 12.0. The van der Waals surface area contributed by atoms with Crippen molar-refractivity contribution >= 4 is 62.9 Å². The van der Waals surface area contributed by atoms with E-state index in [1.165, 1.54) is 23.5 Å². The number of nitrogens with two attached hydrogens (primary N) is 1. The number of halogens is 2. The molecule has 0 amide bonds. The van der Waals surface area contributed by atoms with Crippen molar-refractivity contribution < 1.29 is 19.0 Å². The van der Waals surface area contributed by atoms with Crippen molar-refractivity contribution in [2.45, 2.75) is 65.8 Å². The SMILES string of the molecule is C/C=N/N1CCC/C1=C\c1c(Cl)ccc2c(CCCOc3cc(CCc4nnc(CN)s4)cc4cc(F)ccc34)c(C(=O)O)n(C)c12.CC. The molecule has 0 spiro atoms. The smallest absolute Gasteiger partial charge is 0.352 e. The fourth-order valence-corrected chi connectivity index (χ4v) is 7.27. The number of hydrogen-bond acceptors (Lipinski definition) is 8. The zero-order valence-corrected chi connectivity index (χ0v) is 29.9. The van der Waals surface area contributed by atoms with Gasteiger partial charge in [-0.25, -0.2) is 9.18 Å². The molecule has 6 rings (SSSR count). The van der Waals surface area contributed by atoms with Crippen molar-refractivity contribution in [3.05, 3.63) is 91.4 Å². The Morgan fingerprint density at radius 2 is 1.90 bits per heavy atom. The highest BCUT2D eigenvalue weighted by Gasteiger charge is 2.24. The Morgan fingerprint density at radius 1 is 1.12 bits per heavy atom. The first-order chi connectivity index (χ1) is 23.8. The quantitative estimate of drug-likeness (QED) is 0.0989. The monoisotopic (exact) mass is 704 g/mol. The summed E-state index contributed by atoms with van der Waals surface area (Å²) in [4.78, 5) is 12.6. The summed E-state index contributed by atoms with van der Waals surface area (Å²) in [5, 5.41) is 29.7. The first-order valence-electron chi connectivity index (χ1n) is 16.6. The van der Waals surface area contributed by atoms with Gasteiger partial charge in [-0.1, -0.05) is 37.6 Å². The van der Waals surface area contributed by atoms with E-state index in [1.54, 1.807) is 23.9 Å². The van der Waals surface area contributed by atoms with Gasteiger partial charge >= 0.3 is 5.97 Å². The number of fused-ring (bicyclic) bond motifs is 2. The maximum atomic E-state index is 14.2. The van der Waals surface area contributed by atoms with Crippen LogP contribution in [-0.2, 0) is 32.9 Å². The van der Waals surface area contributed by atoms with E-state index in [2.05, 4.69) is 15.3 Å². The van der Waals surface area contributed by atoms with Crippen LogP contribution in [0.5, 0.6) is 5.75 Å². The Hall–Kier alpha value is -4.32. The standard InChI is InChI=1S/C35H36ClFN6O3S.C2H6/c1-3-39-43-14-4-6-24(43)19-28-29(36)12-11-27-26(34(35(44)45)42(2)33(27)28)7-5-15-46-30-17-21(8-13-31-40-41-32(20-38)47-31)16-22-18-23(37)9-10-25(22)30;1-2/h3,9-12,16-19H,4-8,13-15,20,38H2,1-2H3,(H,44,45);1-2H3/b24-19+,39-3+;. The van der Waals surface area contributed by atoms with Crippen LogP contribution in [0.25, 0.3) is 27.8 Å². The van der Waals surface area contributed by atoms with Crippen molar-refractivity contribution in [3.8, 4) is 5.75 Å². The van der Waals surface area contributed by atoms with E-state index in [4.69, 9.17) is 22.1 Å². The number of benzene rings is 3. The fraction of sp³-hybridized carbons (Fsp3) is 0.351. The van der Waals surface area contributed by atoms with Crippen molar-refractivity contribution in [2.75, 3.05) is 13.2 Å². The number of hydrazone groups is 1. The summed E-state index contributed by atoms with van der Waals surface area (Å²) >= 11 is 8.23. The second-order valence-corrected chi connectivity index (χ2v) is 13.0. The van der Waals surface area contributed by atoms with Crippen LogP contribution in [0.2, 0.25) is 5.02 Å². The third-order valence-electron chi connectivity index (χ3n) is 8.42. The van der Waals surface area contributed by atoms with E-state index >= 15 is 0 Å². The number of aromatic nitrogens is 3. The molecule has 49 heavy (non-hydrogen) atoms. The molecule has 1 saturated heterocycles. The number of hydrogen-bond donors (Lipinski definition) is 2. The maximum Gasteiger partial charge on any atom is 0.352 e. The topological polar surface area (TPSA) is 119 Å². The highest BCUT2D eigenvalue weighted by Crippen LogP contribution is 2.36. The number of aryl methyl sites for hydroxylation is 4. The Morgan fingerprint density at radius 3 is 2.63 bits per heavy atom. The lowest BCUT2D eigenvalue weighted by atomic mass is 10.0. The zero-order chi connectivity index (χ0) is 35.1. The van der Waals surface area contributed by atoms with Crippen molar-refractivity contribution in [3.63, 3.8) is 0 Å². The second kappa shape index (κ2) is 16.4. The van der Waals surface area contributed by atoms with Gasteiger partial charge in [0.05, 0.1) is 12.1 Å². The predicted molar refractivity (Wildman–Crippen MR) is 197 cm³/mol. The number of carboxylic acid groups (broad SMARTS) is 1. The van der Waals surface area contributed by atoms with Gasteiger partial charge in [-0.05, 0) is 91.9 Å². The van der Waals surface area contributed by atoms with Gasteiger partial charge in [0.2, 0.25) is 0 Å². The van der Waals surface area contributed by atoms with Crippen LogP contribution in [0, 0.1) is 5.82 Å². The summed E-state index contributed by atoms with van der Waals surface area (Å²) in [6, 6.07) is 12.4. The van der Waals surface area contributed by atoms with E-state index in [-0.39, 0.29) is 11.5 Å². The first kappa shape index (κ1) is 36.0. The summed E-state index contributed by atoms with van der Waals surface area (Å²) in [6.07, 6.45) is 8.07. The average molecular weight is 705 g/mol. The molecule has 0 atom stereocenters. The van der Waals surface area contributed by atoms with Crippen LogP contribution in [0.1, 0.15) is 77.2 Å². The molecule has 1 aliphatic heterocycles. The molecular formula is C37H42ClFN6O3S. The summed E-state index contributed by atoms with van der Waals surface area (Å²) in [7, 11) is 1.77. The molecule has 3 heterocycles. The molecule has 5 aromatic rings. The molecule has 0 radical (unpaired) electrons. The van der Waals surface area contributed by atoms with Crippen molar-refractivity contribution in [2.24, 2.45) is 17.9 Å². The van der Waals surface area contributed by atoms with E-state index in [1.807, 2.05) is 56.1 Å². The van der Waals surface area contributed by atoms with E-state index in [0.717, 1.165) is 73.5 Å². The molecule has 0 bridgehead atoms. The molecule has 12 heteroatoms. The number of rotatable bonds is 12. The van der Waals surface area contributed by atoms with Gasteiger partial charge in [-0.3, -0.25) is 5.01 Å². The summed E-state index contributed by atoms with van der Waals surface area (Å²) in [6.45, 7) is 7.41. The van der Waals surface area contributed by atoms with Crippen molar-refractivity contribution in [1.82, 2.24) is 19.8 Å². The molecular weight excluding hydrogens is 663 g/mol. The largest absolute Gasteiger partial charge is 0.493 e. The van der Waals surface area contributed by atoms with Crippen LogP contribution < -0.4 is 10.5 Å². The predicted octanol–water partition coefficient (Wildman–Crippen LogP) is 8.40. The van der Waals surface area contributed by atoms with Crippen LogP contribution in [-0.4, -0.2) is 50.2 Å². The Bertz CT molecular complexity index is 2020. The molecule has 0 saturated carbocycles. The van der Waals surface area contributed by atoms with Gasteiger partial charge in [0.15, 0.2) is 0 Å². The van der Waals surface area contributed by atoms with Crippen LogP contribution in [0.15, 0.2) is 53.3 Å². The highest BCUT2D eigenvalue weighted by molar-refractivity contribution is 7.11. The molecule has 9 nitrogen and oxygen atoms in total. The number of ether oxygens (including phenoxy) is 1. The van der Waals surface area contributed by atoms with Gasteiger partial charge < -0.3 is 20.1 Å². The third kappa shape index (κ3) is 7.95. The van der Waals surface area contributed by atoms with Gasteiger partial charge in [0.1, 0.15) is 27.3 Å². The highest BCUT2D eigenvalue weighted by atomic mass is 35.5. The maximum absolute atomic E-state index is 14.2. The number of aromatic carboxylic acids is 1. The minimum atomic E-state index is -0.998. The molecule has 0 aliphatic carbocycles. The lowest BCUT2D eigenvalue weighted by Gasteiger charge is -2.14. The number of nitrogens with zero attached hydrogens (tertiary/aromatic N) is 5. The summed E-state index contributed by atoms with van der Waals surface area (Å²) < 4.78 is 22.2. The molecule has 258 valence electrons. The molecule has 1 aliphatic rings.